The van der Waals surface area contributed by atoms with Gasteiger partial charge in [-0.15, -0.1) is 0 Å². The second-order valence-electron chi connectivity index (χ2n) is 7.67. The lowest BCUT2D eigenvalue weighted by atomic mass is 10.1. The Morgan fingerprint density at radius 2 is 1.88 bits per heavy atom. The summed E-state index contributed by atoms with van der Waals surface area (Å²) in [6.45, 7) is 5.20. The minimum Gasteiger partial charge on any atom is -0.431 e. The first-order valence-corrected chi connectivity index (χ1v) is 10.1. The molecule has 4 aromatic rings. The van der Waals surface area contributed by atoms with Crippen LogP contribution in [0.1, 0.15) is 32.7 Å². The summed E-state index contributed by atoms with van der Waals surface area (Å²) in [5.41, 5.74) is 4.44. The number of fused-ring (bicyclic) bond motifs is 1. The molecule has 3 N–H and O–H groups in total. The molecule has 2 heterocycles. The number of aliphatic hydroxyl groups is 1. The van der Waals surface area contributed by atoms with E-state index in [2.05, 4.69) is 15.3 Å². The Bertz CT molecular complexity index is 1390. The van der Waals surface area contributed by atoms with Crippen LogP contribution in [0.4, 0.5) is 15.8 Å². The van der Waals surface area contributed by atoms with Crippen LogP contribution in [0.3, 0.4) is 0 Å². The van der Waals surface area contributed by atoms with Crippen molar-refractivity contribution >= 4 is 28.3 Å². The van der Waals surface area contributed by atoms with E-state index in [1.54, 1.807) is 43.5 Å². The second kappa shape index (κ2) is 8.72. The Hall–Kier alpha value is -3.84. The number of amides is 1. The first-order valence-electron chi connectivity index (χ1n) is 10.1. The maximum Gasteiger partial charge on any atom is 0.261 e. The van der Waals surface area contributed by atoms with Crippen LogP contribution < -0.4 is 15.9 Å². The molecule has 0 saturated heterocycles. The Morgan fingerprint density at radius 3 is 2.56 bits per heavy atom. The van der Waals surface area contributed by atoms with Gasteiger partial charge in [-0.1, -0.05) is 23.8 Å². The molecule has 1 amide bonds. The Kier molecular flexibility index (Phi) is 5.83. The molecule has 4 rings (SSSR count). The summed E-state index contributed by atoms with van der Waals surface area (Å²) in [7, 11) is 0. The number of anilines is 1. The third kappa shape index (κ3) is 4.29. The molecule has 0 saturated carbocycles. The average Bonchev–Trinajstić information content (AvgIpc) is 2.78. The minimum absolute atomic E-state index is 0.0388. The highest BCUT2D eigenvalue weighted by Crippen LogP contribution is 2.21. The maximum atomic E-state index is 14.1. The molecule has 0 bridgehead atoms. The van der Waals surface area contributed by atoms with Crippen molar-refractivity contribution in [1.29, 1.82) is 0 Å². The number of carbonyl (C=O) groups excluding carboxylic acids is 1. The highest BCUT2D eigenvalue weighted by molar-refractivity contribution is 6.05. The van der Waals surface area contributed by atoms with Gasteiger partial charge in [-0.2, -0.15) is 0 Å². The molecule has 0 spiro atoms. The summed E-state index contributed by atoms with van der Waals surface area (Å²) in [5, 5.41) is 13.2. The maximum absolute atomic E-state index is 14.1. The number of hydrogen-bond acceptors (Lipinski definition) is 4. The van der Waals surface area contributed by atoms with E-state index in [0.717, 1.165) is 5.56 Å². The number of rotatable bonds is 4. The van der Waals surface area contributed by atoms with E-state index >= 15 is 0 Å². The molecule has 0 aliphatic carbocycles. The standard InChI is InChI=1S/C25H22FN3O3/c1-14-4-7-18(8-5-14)28-24(31)21-11-20-17(13-30)12-27-16(3)23(20)32-25(21)29-19-9-6-15(2)22(26)10-19/h4-12,30H,13H2,1-3H3,(H,28,31)/p+1. The van der Waals surface area contributed by atoms with Gasteiger partial charge < -0.3 is 14.8 Å². The summed E-state index contributed by atoms with van der Waals surface area (Å²) in [4.78, 5) is 20.6. The molecule has 7 heteroatoms. The van der Waals surface area contributed by atoms with Gasteiger partial charge in [0, 0.05) is 18.0 Å². The van der Waals surface area contributed by atoms with Gasteiger partial charge in [0.25, 0.3) is 5.91 Å². The van der Waals surface area contributed by atoms with E-state index in [-0.39, 0.29) is 17.7 Å². The molecule has 2 aromatic carbocycles. The monoisotopic (exact) mass is 432 g/mol. The van der Waals surface area contributed by atoms with Crippen LogP contribution in [0.15, 0.2) is 64.1 Å². The lowest BCUT2D eigenvalue weighted by Gasteiger charge is -2.08. The smallest absolute Gasteiger partial charge is 0.261 e. The van der Waals surface area contributed by atoms with Gasteiger partial charge >= 0.3 is 0 Å². The third-order valence-electron chi connectivity index (χ3n) is 5.22. The van der Waals surface area contributed by atoms with Gasteiger partial charge in [0.15, 0.2) is 6.20 Å². The number of aromatic nitrogens is 1. The number of benzene rings is 2. The molecule has 2 aromatic heterocycles. The van der Waals surface area contributed by atoms with Crippen LogP contribution in [0.2, 0.25) is 0 Å². The summed E-state index contributed by atoms with van der Waals surface area (Å²) in [6.07, 6.45) is 1.67. The lowest BCUT2D eigenvalue weighted by molar-refractivity contribution is -0.386. The SMILES string of the molecule is Cc1ccc(NC(=O)c2cc3c(CO)c[nH+]c(C)c3oc2=Nc2ccc(C)c(F)c2)cc1. The van der Waals surface area contributed by atoms with Crippen molar-refractivity contribution in [3.8, 4) is 0 Å². The first kappa shape index (κ1) is 21.4. The van der Waals surface area contributed by atoms with E-state index in [9.17, 15) is 14.3 Å². The molecule has 0 aliphatic heterocycles. The van der Waals surface area contributed by atoms with Crippen LogP contribution in [0.25, 0.3) is 11.0 Å². The molecule has 162 valence electrons. The van der Waals surface area contributed by atoms with Crippen LogP contribution in [0, 0.1) is 26.6 Å². The number of nitrogens with one attached hydrogen (secondary N) is 2. The normalized spacial score (nSPS) is 11.7. The van der Waals surface area contributed by atoms with Gasteiger partial charge in [0.2, 0.25) is 16.8 Å². The molecule has 32 heavy (non-hydrogen) atoms. The quantitative estimate of drug-likeness (QED) is 0.504. The van der Waals surface area contributed by atoms with Crippen molar-refractivity contribution in [2.24, 2.45) is 4.99 Å². The van der Waals surface area contributed by atoms with Crippen LogP contribution in [0.5, 0.6) is 0 Å². The summed E-state index contributed by atoms with van der Waals surface area (Å²) in [5.74, 6) is -0.829. The molecule has 0 atom stereocenters. The highest BCUT2D eigenvalue weighted by Gasteiger charge is 2.18. The number of hydrogen-bond donors (Lipinski definition) is 2. The van der Waals surface area contributed by atoms with Crippen molar-refractivity contribution in [2.45, 2.75) is 27.4 Å². The van der Waals surface area contributed by atoms with Crippen molar-refractivity contribution < 1.29 is 23.7 Å². The number of pyridine rings is 1. The number of aliphatic hydroxyl groups excluding tert-OH is 1. The number of nitrogens with zero attached hydrogens (tertiary/aromatic N) is 1. The topological polar surface area (TPSA) is 89.0 Å². The van der Waals surface area contributed by atoms with Crippen molar-refractivity contribution in [2.75, 3.05) is 5.32 Å². The van der Waals surface area contributed by atoms with Crippen molar-refractivity contribution in [1.82, 2.24) is 0 Å². The lowest BCUT2D eigenvalue weighted by Crippen LogP contribution is -2.23. The Morgan fingerprint density at radius 1 is 1.12 bits per heavy atom. The zero-order valence-corrected chi connectivity index (χ0v) is 18.0. The largest absolute Gasteiger partial charge is 0.431 e. The molecular formula is C25H23FN3O3+. The predicted molar refractivity (Wildman–Crippen MR) is 119 cm³/mol. The summed E-state index contributed by atoms with van der Waals surface area (Å²) >= 11 is 0. The number of carbonyl (C=O) groups is 1. The Balaban J connectivity index is 1.92. The van der Waals surface area contributed by atoms with E-state index in [1.165, 1.54) is 6.07 Å². The van der Waals surface area contributed by atoms with E-state index in [1.807, 2.05) is 26.0 Å². The molecule has 0 radical (unpaired) electrons. The van der Waals surface area contributed by atoms with E-state index in [4.69, 9.17) is 4.42 Å². The van der Waals surface area contributed by atoms with E-state index in [0.29, 0.717) is 39.2 Å². The number of aryl methyl sites for hydroxylation is 3. The summed E-state index contributed by atoms with van der Waals surface area (Å²) in [6, 6.07) is 13.6. The van der Waals surface area contributed by atoms with Gasteiger partial charge in [-0.3, -0.25) is 4.79 Å². The zero-order chi connectivity index (χ0) is 22.8. The second-order valence-corrected chi connectivity index (χ2v) is 7.67. The molecule has 0 fully saturated rings. The molecule has 0 aliphatic rings. The minimum atomic E-state index is -0.430. The number of aromatic amines is 1. The number of H-pyrrole nitrogens is 1. The third-order valence-corrected chi connectivity index (χ3v) is 5.22. The predicted octanol–water partition coefficient (Wildman–Crippen LogP) is 4.29. The fraction of sp³-hybridized carbons (Fsp3) is 0.160. The van der Waals surface area contributed by atoms with Crippen molar-refractivity contribution in [3.05, 3.63) is 94.0 Å². The van der Waals surface area contributed by atoms with Gasteiger partial charge in [-0.05, 0) is 49.7 Å². The van der Waals surface area contributed by atoms with Crippen LogP contribution in [-0.4, -0.2) is 11.0 Å². The Labute approximate surface area is 184 Å². The first-order chi connectivity index (χ1) is 15.4. The van der Waals surface area contributed by atoms with Gasteiger partial charge in [0.05, 0.1) is 17.9 Å². The highest BCUT2D eigenvalue weighted by atomic mass is 19.1. The molecular weight excluding hydrogens is 409 g/mol. The molecule has 0 unspecified atom stereocenters. The molecule has 6 nitrogen and oxygen atoms in total. The fourth-order valence-electron chi connectivity index (χ4n) is 3.31. The van der Waals surface area contributed by atoms with Crippen molar-refractivity contribution in [3.63, 3.8) is 0 Å². The summed E-state index contributed by atoms with van der Waals surface area (Å²) < 4.78 is 20.1. The van der Waals surface area contributed by atoms with E-state index < -0.39 is 11.7 Å². The van der Waals surface area contributed by atoms with Gasteiger partial charge in [-0.25, -0.2) is 14.4 Å². The zero-order valence-electron chi connectivity index (χ0n) is 18.0. The van der Waals surface area contributed by atoms with Gasteiger partial charge in [0.1, 0.15) is 11.4 Å². The number of halogens is 1. The average molecular weight is 432 g/mol. The van der Waals surface area contributed by atoms with Crippen LogP contribution in [-0.2, 0) is 6.61 Å². The van der Waals surface area contributed by atoms with Crippen LogP contribution >= 0.6 is 0 Å². The fourth-order valence-corrected chi connectivity index (χ4v) is 3.31.